The number of phenolic OH excluding ortho intramolecular Hbond substituents is 4. The predicted octanol–water partition coefficient (Wildman–Crippen LogP) is 2.88. The van der Waals surface area contributed by atoms with E-state index in [4.69, 9.17) is 33.7 Å². The van der Waals surface area contributed by atoms with Gasteiger partial charge in [-0.15, -0.1) is 0 Å². The van der Waals surface area contributed by atoms with Gasteiger partial charge in [-0.05, 0) is 6.07 Å². The zero-order valence-corrected chi connectivity index (χ0v) is 13.5. The van der Waals surface area contributed by atoms with Crippen LogP contribution in [0.4, 0.5) is 4.39 Å². The minimum atomic E-state index is -0.954. The van der Waals surface area contributed by atoms with Crippen LogP contribution in [0.3, 0.4) is 0 Å². The molecule has 2 aromatic carbocycles. The summed E-state index contributed by atoms with van der Waals surface area (Å²) >= 11 is 12.0. The second-order valence-electron chi connectivity index (χ2n) is 5.29. The maximum absolute atomic E-state index is 14.1. The van der Waals surface area contributed by atoms with E-state index in [1.165, 1.54) is 0 Å². The Kier molecular flexibility index (Phi) is 4.03. The Balaban J connectivity index is 2.34. The highest BCUT2D eigenvalue weighted by atomic mass is 35.5. The van der Waals surface area contributed by atoms with Crippen molar-refractivity contribution < 1.29 is 29.6 Å². The van der Waals surface area contributed by atoms with Gasteiger partial charge in [-0.1, -0.05) is 23.2 Å². The van der Waals surface area contributed by atoms with Gasteiger partial charge >= 0.3 is 0 Å². The molecule has 1 heterocycles. The van der Waals surface area contributed by atoms with Crippen LogP contribution in [0.5, 0.6) is 28.7 Å². The van der Waals surface area contributed by atoms with Crippen molar-refractivity contribution in [1.82, 2.24) is 0 Å². The van der Waals surface area contributed by atoms with Gasteiger partial charge in [0.05, 0.1) is 10.0 Å². The molecule has 1 atom stereocenters. The number of halogens is 3. The molecule has 1 aliphatic heterocycles. The lowest BCUT2D eigenvalue weighted by molar-refractivity contribution is 0.242. The molecule has 6 nitrogen and oxygen atoms in total. The van der Waals surface area contributed by atoms with Crippen LogP contribution in [0, 0.1) is 5.82 Å². The molecule has 0 saturated heterocycles. The molecule has 128 valence electrons. The van der Waals surface area contributed by atoms with Crippen molar-refractivity contribution in [2.75, 3.05) is 6.54 Å². The number of hydrogen-bond acceptors (Lipinski definition) is 6. The van der Waals surface area contributed by atoms with Gasteiger partial charge in [-0.3, -0.25) is 0 Å². The van der Waals surface area contributed by atoms with E-state index in [1.807, 2.05) is 0 Å². The molecule has 0 fully saturated rings. The quantitative estimate of drug-likeness (QED) is 0.515. The smallest absolute Gasteiger partial charge is 0.203 e. The molecular weight excluding hydrogens is 364 g/mol. The molecule has 0 radical (unpaired) electrons. The van der Waals surface area contributed by atoms with Crippen LogP contribution in [0.25, 0.3) is 11.1 Å². The summed E-state index contributed by atoms with van der Waals surface area (Å²) in [6.07, 6.45) is -0.309. The van der Waals surface area contributed by atoms with Gasteiger partial charge < -0.3 is 30.9 Å². The van der Waals surface area contributed by atoms with Crippen LogP contribution < -0.4 is 10.5 Å². The minimum absolute atomic E-state index is 0.0110. The molecule has 6 N–H and O–H groups in total. The van der Waals surface area contributed by atoms with Crippen LogP contribution in [-0.2, 0) is 6.42 Å². The van der Waals surface area contributed by atoms with Gasteiger partial charge in [0.25, 0.3) is 0 Å². The van der Waals surface area contributed by atoms with E-state index in [0.29, 0.717) is 0 Å². The summed E-state index contributed by atoms with van der Waals surface area (Å²) < 4.78 is 19.7. The molecule has 1 unspecified atom stereocenters. The Morgan fingerprint density at radius 2 is 1.67 bits per heavy atom. The van der Waals surface area contributed by atoms with Crippen LogP contribution in [0.15, 0.2) is 6.07 Å². The summed E-state index contributed by atoms with van der Waals surface area (Å²) in [5.74, 6) is -3.97. The van der Waals surface area contributed by atoms with Crippen LogP contribution in [0.2, 0.25) is 10.0 Å². The number of ether oxygens (including phenoxy) is 1. The SMILES string of the molecule is NCC1Cc2c(O)c(F)cc(-c3c(Cl)c(O)c(O)c(O)c3Cl)c2O1. The third-order valence-electron chi connectivity index (χ3n) is 3.85. The maximum atomic E-state index is 14.1. The summed E-state index contributed by atoms with van der Waals surface area (Å²) in [6, 6.07) is 0.913. The second kappa shape index (κ2) is 5.77. The highest BCUT2D eigenvalue weighted by Gasteiger charge is 2.33. The molecule has 2 aromatic rings. The van der Waals surface area contributed by atoms with Gasteiger partial charge in [0.15, 0.2) is 23.1 Å². The van der Waals surface area contributed by atoms with E-state index in [0.717, 1.165) is 6.07 Å². The highest BCUT2D eigenvalue weighted by molar-refractivity contribution is 6.41. The molecule has 1 aliphatic rings. The van der Waals surface area contributed by atoms with Crippen LogP contribution in [0.1, 0.15) is 5.56 Å². The number of fused-ring (bicyclic) bond motifs is 1. The summed E-state index contributed by atoms with van der Waals surface area (Å²) in [5, 5.41) is 38.3. The number of aromatic hydroxyl groups is 4. The van der Waals surface area contributed by atoms with Crippen LogP contribution in [-0.4, -0.2) is 33.1 Å². The Morgan fingerprint density at radius 1 is 1.08 bits per heavy atom. The molecule has 0 saturated carbocycles. The second-order valence-corrected chi connectivity index (χ2v) is 6.05. The van der Waals surface area contributed by atoms with E-state index in [-0.39, 0.29) is 35.4 Å². The Bertz CT molecular complexity index is 830. The van der Waals surface area contributed by atoms with E-state index < -0.39 is 45.0 Å². The molecule has 0 spiro atoms. The van der Waals surface area contributed by atoms with Gasteiger partial charge in [-0.25, -0.2) is 4.39 Å². The zero-order chi connectivity index (χ0) is 17.8. The Labute approximate surface area is 145 Å². The van der Waals surface area contributed by atoms with Crippen LogP contribution >= 0.6 is 23.2 Å². The summed E-state index contributed by atoms with van der Waals surface area (Å²) in [7, 11) is 0. The number of rotatable bonds is 2. The molecule has 3 rings (SSSR count). The van der Waals surface area contributed by atoms with Gasteiger partial charge in [0.1, 0.15) is 11.9 Å². The highest BCUT2D eigenvalue weighted by Crippen LogP contribution is 2.55. The van der Waals surface area contributed by atoms with Crippen molar-refractivity contribution in [3.8, 4) is 39.9 Å². The van der Waals surface area contributed by atoms with Crippen molar-refractivity contribution in [3.05, 3.63) is 27.5 Å². The molecule has 0 amide bonds. The number of nitrogens with two attached hydrogens (primary N) is 1. The standard InChI is InChI=1S/C15H12Cl2FNO5/c16-9-8(10(17)13(22)14(23)12(9)21)5-2-7(18)11(20)6-1-4(3-19)24-15(5)6/h2,4,20-23H,1,3,19H2. The fourth-order valence-corrected chi connectivity index (χ4v) is 3.26. The lowest BCUT2D eigenvalue weighted by Gasteiger charge is -2.16. The first kappa shape index (κ1) is 16.8. The first-order valence-corrected chi connectivity index (χ1v) is 7.56. The topological polar surface area (TPSA) is 116 Å². The van der Waals surface area contributed by atoms with Crippen molar-refractivity contribution >= 4 is 23.2 Å². The van der Waals surface area contributed by atoms with E-state index in [9.17, 15) is 24.8 Å². The largest absolute Gasteiger partial charge is 0.505 e. The Morgan fingerprint density at radius 3 is 2.21 bits per heavy atom. The average molecular weight is 376 g/mol. The van der Waals surface area contributed by atoms with Crippen molar-refractivity contribution in [1.29, 1.82) is 0 Å². The lowest BCUT2D eigenvalue weighted by atomic mass is 9.98. The monoisotopic (exact) mass is 375 g/mol. The molecule has 9 heteroatoms. The summed E-state index contributed by atoms with van der Waals surface area (Å²) in [6.45, 7) is 0.128. The van der Waals surface area contributed by atoms with Crippen molar-refractivity contribution in [3.63, 3.8) is 0 Å². The fourth-order valence-electron chi connectivity index (χ4n) is 2.64. The number of phenols is 4. The summed E-state index contributed by atoms with van der Waals surface area (Å²) in [5.41, 5.74) is 5.60. The third-order valence-corrected chi connectivity index (χ3v) is 4.59. The van der Waals surface area contributed by atoms with Gasteiger partial charge in [0, 0.05) is 29.7 Å². The fraction of sp³-hybridized carbons (Fsp3) is 0.200. The number of benzene rings is 2. The first-order valence-electron chi connectivity index (χ1n) is 6.81. The number of hydrogen-bond donors (Lipinski definition) is 5. The molecule has 0 aromatic heterocycles. The Hall–Kier alpha value is -2.09. The maximum Gasteiger partial charge on any atom is 0.203 e. The van der Waals surface area contributed by atoms with E-state index in [1.54, 1.807) is 0 Å². The third kappa shape index (κ3) is 2.28. The summed E-state index contributed by atoms with van der Waals surface area (Å²) in [4.78, 5) is 0. The molecule has 24 heavy (non-hydrogen) atoms. The average Bonchev–Trinajstić information content (AvgIpc) is 3.00. The van der Waals surface area contributed by atoms with E-state index >= 15 is 0 Å². The van der Waals surface area contributed by atoms with Gasteiger partial charge in [-0.2, -0.15) is 0 Å². The first-order chi connectivity index (χ1) is 11.3. The van der Waals surface area contributed by atoms with E-state index in [2.05, 4.69) is 0 Å². The minimum Gasteiger partial charge on any atom is -0.505 e. The lowest BCUT2D eigenvalue weighted by Crippen LogP contribution is -2.24. The van der Waals surface area contributed by atoms with Crippen molar-refractivity contribution in [2.24, 2.45) is 5.73 Å². The molecule has 0 bridgehead atoms. The molecule has 0 aliphatic carbocycles. The normalized spacial score (nSPS) is 16.1. The van der Waals surface area contributed by atoms with Crippen molar-refractivity contribution in [2.45, 2.75) is 12.5 Å². The molecular formula is C15H12Cl2FNO5. The van der Waals surface area contributed by atoms with Gasteiger partial charge in [0.2, 0.25) is 5.75 Å². The zero-order valence-electron chi connectivity index (χ0n) is 12.0. The predicted molar refractivity (Wildman–Crippen MR) is 85.7 cm³/mol.